The van der Waals surface area contributed by atoms with E-state index in [0.717, 1.165) is 38.0 Å². The van der Waals surface area contributed by atoms with Crippen molar-refractivity contribution in [3.63, 3.8) is 0 Å². The van der Waals surface area contributed by atoms with Gasteiger partial charge < -0.3 is 14.4 Å². The molecule has 2 aliphatic heterocycles. The highest BCUT2D eigenvalue weighted by Crippen LogP contribution is 2.41. The van der Waals surface area contributed by atoms with Crippen molar-refractivity contribution in [2.75, 3.05) is 26.2 Å². The summed E-state index contributed by atoms with van der Waals surface area (Å²) < 4.78 is 27.5. The largest absolute Gasteiger partial charge is 0.492 e. The molecule has 0 spiro atoms. The average molecular weight is 469 g/mol. The Balaban J connectivity index is 1.67. The number of rotatable bonds is 9. The van der Waals surface area contributed by atoms with Crippen molar-refractivity contribution in [1.82, 2.24) is 9.80 Å². The molecule has 1 fully saturated rings. The molecule has 5 nitrogen and oxygen atoms in total. The minimum atomic E-state index is -0.577. The smallest absolute Gasteiger partial charge is 0.347 e. The Labute approximate surface area is 202 Å². The van der Waals surface area contributed by atoms with Gasteiger partial charge in [0.15, 0.2) is 0 Å². The highest BCUT2D eigenvalue weighted by atomic mass is 19.1. The van der Waals surface area contributed by atoms with Crippen molar-refractivity contribution in [2.24, 2.45) is 0 Å². The van der Waals surface area contributed by atoms with Crippen LogP contribution in [0.2, 0.25) is 0 Å². The fourth-order valence-electron chi connectivity index (χ4n) is 5.08. The van der Waals surface area contributed by atoms with Gasteiger partial charge in [0.1, 0.15) is 22.9 Å². The van der Waals surface area contributed by atoms with Crippen LogP contribution < -0.4 is 9.47 Å². The molecule has 0 aliphatic carbocycles. The van der Waals surface area contributed by atoms with E-state index in [-0.39, 0.29) is 16.9 Å². The quantitative estimate of drug-likeness (QED) is 0.267. The lowest BCUT2D eigenvalue weighted by Gasteiger charge is -2.38. The molecule has 1 saturated heterocycles. The van der Waals surface area contributed by atoms with Gasteiger partial charge >= 0.3 is 5.97 Å². The van der Waals surface area contributed by atoms with Gasteiger partial charge in [0.25, 0.3) is 0 Å². The summed E-state index contributed by atoms with van der Waals surface area (Å²) in [5.41, 5.74) is 1.80. The van der Waals surface area contributed by atoms with Gasteiger partial charge in [-0.05, 0) is 65.3 Å². The summed E-state index contributed by atoms with van der Waals surface area (Å²) in [5.74, 6) is 0.0208. The van der Waals surface area contributed by atoms with E-state index in [1.54, 1.807) is 31.2 Å². The third-order valence-corrected chi connectivity index (χ3v) is 7.10. The van der Waals surface area contributed by atoms with Crippen LogP contribution in [0.5, 0.6) is 11.5 Å². The molecule has 2 aliphatic rings. The number of carbonyl (C=O) groups excluding carboxylic acids is 1. The molecule has 0 radical (unpaired) electrons. The van der Waals surface area contributed by atoms with Gasteiger partial charge in [-0.2, -0.15) is 0 Å². The number of likely N-dealkylation sites (tertiary alicyclic amines) is 1. The monoisotopic (exact) mass is 468 g/mol. The number of nitrogens with zero attached hydrogens (tertiary/aromatic N) is 2. The van der Waals surface area contributed by atoms with Crippen molar-refractivity contribution >= 4 is 5.97 Å². The molecular formula is C28H37FN2O3. The second-order valence-electron chi connectivity index (χ2n) is 10.2. The summed E-state index contributed by atoms with van der Waals surface area (Å²) in [6.07, 6.45) is 4.32. The molecule has 4 rings (SSSR count). The molecule has 34 heavy (non-hydrogen) atoms. The van der Waals surface area contributed by atoms with E-state index in [0.29, 0.717) is 42.3 Å². The van der Waals surface area contributed by atoms with Gasteiger partial charge in [0.05, 0.1) is 6.61 Å². The number of carbonyl (C=O) groups is 1. The predicted molar refractivity (Wildman–Crippen MR) is 132 cm³/mol. The maximum Gasteiger partial charge on any atom is 0.347 e. The first-order chi connectivity index (χ1) is 16.3. The number of unbranched alkanes of at least 4 members (excludes halogenated alkanes) is 1. The molecule has 0 N–H and O–H groups in total. The van der Waals surface area contributed by atoms with Gasteiger partial charge in [-0.15, -0.1) is 0 Å². The zero-order chi connectivity index (χ0) is 24.3. The lowest BCUT2D eigenvalue weighted by molar-refractivity contribution is 0.0727. The van der Waals surface area contributed by atoms with Crippen LogP contribution in [0.4, 0.5) is 4.39 Å². The highest BCUT2D eigenvalue weighted by Gasteiger charge is 2.39. The molecule has 2 aromatic rings. The summed E-state index contributed by atoms with van der Waals surface area (Å²) in [4.78, 5) is 18.1. The minimum absolute atomic E-state index is 0.130. The summed E-state index contributed by atoms with van der Waals surface area (Å²) in [7, 11) is 0. The first kappa shape index (κ1) is 24.7. The van der Waals surface area contributed by atoms with Crippen molar-refractivity contribution in [2.45, 2.75) is 72.0 Å². The van der Waals surface area contributed by atoms with Gasteiger partial charge in [0.2, 0.25) is 0 Å². The molecule has 2 heterocycles. The van der Waals surface area contributed by atoms with Crippen molar-refractivity contribution in [1.29, 1.82) is 0 Å². The Hall–Kier alpha value is -2.44. The Kier molecular flexibility index (Phi) is 7.58. The number of fused-ring (bicyclic) bond motifs is 1. The van der Waals surface area contributed by atoms with E-state index in [1.807, 2.05) is 6.07 Å². The topological polar surface area (TPSA) is 42.0 Å². The van der Waals surface area contributed by atoms with Crippen LogP contribution in [0, 0.1) is 12.7 Å². The molecule has 0 bridgehead atoms. The van der Waals surface area contributed by atoms with Crippen molar-refractivity contribution in [3.05, 3.63) is 58.4 Å². The van der Waals surface area contributed by atoms with Crippen LogP contribution in [0.15, 0.2) is 30.3 Å². The first-order valence-electron chi connectivity index (χ1n) is 12.5. The summed E-state index contributed by atoms with van der Waals surface area (Å²) in [5, 5.41) is 0. The number of halogens is 1. The minimum Gasteiger partial charge on any atom is -0.492 e. The predicted octanol–water partition coefficient (Wildman–Crippen LogP) is 5.72. The van der Waals surface area contributed by atoms with Crippen LogP contribution in [0.1, 0.15) is 73.5 Å². The number of benzene rings is 2. The zero-order valence-electron chi connectivity index (χ0n) is 21.0. The van der Waals surface area contributed by atoms with Gasteiger partial charge in [-0.1, -0.05) is 31.5 Å². The zero-order valence-corrected chi connectivity index (χ0v) is 21.0. The molecule has 0 amide bonds. The van der Waals surface area contributed by atoms with E-state index >= 15 is 4.39 Å². The third kappa shape index (κ3) is 5.13. The lowest BCUT2D eigenvalue weighted by Crippen LogP contribution is -2.48. The number of para-hydroxylation sites is 1. The molecule has 2 aromatic carbocycles. The number of hydrogen-bond acceptors (Lipinski definition) is 5. The molecular weight excluding hydrogens is 431 g/mol. The summed E-state index contributed by atoms with van der Waals surface area (Å²) >= 11 is 0. The third-order valence-electron chi connectivity index (χ3n) is 7.10. The number of ether oxygens (including phenoxy) is 2. The number of hydrogen-bond donors (Lipinski definition) is 0. The molecule has 0 aromatic heterocycles. The Bertz CT molecular complexity index is 1020. The Morgan fingerprint density at radius 2 is 1.76 bits per heavy atom. The normalized spacial score (nSPS) is 16.6. The number of esters is 1. The molecule has 0 saturated carbocycles. The fourth-order valence-corrected chi connectivity index (χ4v) is 5.08. The van der Waals surface area contributed by atoms with E-state index in [2.05, 4.69) is 30.6 Å². The average Bonchev–Trinajstić information content (AvgIpc) is 3.48. The molecule has 6 heteroatoms. The summed E-state index contributed by atoms with van der Waals surface area (Å²) in [6.45, 7) is 12.9. The highest BCUT2D eigenvalue weighted by molar-refractivity contribution is 5.96. The van der Waals surface area contributed by atoms with Gasteiger partial charge in [-0.25, -0.2) is 9.18 Å². The molecule has 0 unspecified atom stereocenters. The van der Waals surface area contributed by atoms with E-state index in [4.69, 9.17) is 9.47 Å². The van der Waals surface area contributed by atoms with Crippen LogP contribution >= 0.6 is 0 Å². The summed E-state index contributed by atoms with van der Waals surface area (Å²) in [6, 6.07) is 8.90. The molecule has 184 valence electrons. The van der Waals surface area contributed by atoms with Gasteiger partial charge in [0, 0.05) is 41.9 Å². The van der Waals surface area contributed by atoms with Crippen LogP contribution in [-0.2, 0) is 13.1 Å². The maximum atomic E-state index is 15.7. The Morgan fingerprint density at radius 1 is 1.09 bits per heavy atom. The second kappa shape index (κ2) is 10.4. The van der Waals surface area contributed by atoms with E-state index in [1.165, 1.54) is 12.8 Å². The van der Waals surface area contributed by atoms with Gasteiger partial charge in [-0.3, -0.25) is 4.90 Å². The maximum absolute atomic E-state index is 15.7. The first-order valence-corrected chi connectivity index (χ1v) is 12.5. The van der Waals surface area contributed by atoms with Crippen LogP contribution in [0.25, 0.3) is 0 Å². The Morgan fingerprint density at radius 3 is 2.44 bits per heavy atom. The van der Waals surface area contributed by atoms with Crippen molar-refractivity contribution < 1.29 is 18.7 Å². The van der Waals surface area contributed by atoms with Crippen molar-refractivity contribution in [3.8, 4) is 11.5 Å². The SMILES string of the molecule is CCCCOc1c2c(c(F)c(C)c1C(=O)Oc1ccccc1)CN(C(C)(C)CN1CCCC1)C2. The fraction of sp³-hybridized carbons (Fsp3) is 0.536. The van der Waals surface area contributed by atoms with E-state index < -0.39 is 5.97 Å². The lowest BCUT2D eigenvalue weighted by atomic mass is 9.98. The van der Waals surface area contributed by atoms with Crippen LogP contribution in [-0.4, -0.2) is 47.5 Å². The second-order valence-corrected chi connectivity index (χ2v) is 10.2. The molecule has 0 atom stereocenters. The van der Waals surface area contributed by atoms with Crippen LogP contribution in [0.3, 0.4) is 0 Å². The van der Waals surface area contributed by atoms with E-state index in [9.17, 15) is 4.79 Å². The standard InChI is InChI=1S/C28H37FN2O3/c1-5-6-16-33-26-23-18-31(28(3,4)19-30-14-10-11-15-30)17-22(23)25(29)20(2)24(26)27(32)34-21-12-8-7-9-13-21/h7-9,12-13H,5-6,10-11,14-19H2,1-4H3.